The third-order valence-corrected chi connectivity index (χ3v) is 11.0. The minimum atomic E-state index is -0.567. The molecule has 8 heteroatoms. The molecule has 2 aromatic carbocycles. The molecular formula is C39H52N4O4. The summed E-state index contributed by atoms with van der Waals surface area (Å²) in [6.45, 7) is 2.36. The predicted molar refractivity (Wildman–Crippen MR) is 186 cm³/mol. The number of aromatic amines is 1. The number of phenols is 1. The zero-order valence-electron chi connectivity index (χ0n) is 27.8. The molecule has 8 nitrogen and oxygen atoms in total. The number of Topliss-reactive ketones (excluding diaryl/α,β-unsaturated/α-hetero) is 1. The SMILES string of the molecule is CCCCCC(O)CC(=O)CCc1ccc(O)c(OCn2cc3[nH]cc(C4(c5cccc(C(N)N)c5)CCC5(CCCC5)C4)c3c2)c1. The van der Waals surface area contributed by atoms with E-state index >= 15 is 0 Å². The van der Waals surface area contributed by atoms with E-state index in [1.54, 1.807) is 6.07 Å². The Hall–Kier alpha value is -3.59. The Morgan fingerprint density at radius 2 is 1.89 bits per heavy atom. The molecule has 6 rings (SSSR count). The van der Waals surface area contributed by atoms with Gasteiger partial charge in [-0.05, 0) is 84.7 Å². The van der Waals surface area contributed by atoms with Crippen LogP contribution < -0.4 is 16.2 Å². The number of ketones is 1. The van der Waals surface area contributed by atoms with Crippen molar-refractivity contribution >= 4 is 16.7 Å². The summed E-state index contributed by atoms with van der Waals surface area (Å²) in [5.74, 6) is 0.506. The monoisotopic (exact) mass is 640 g/mol. The van der Waals surface area contributed by atoms with E-state index in [2.05, 4.69) is 48.7 Å². The molecule has 2 aliphatic carbocycles. The number of nitrogens with zero attached hydrogens (tertiary/aromatic N) is 1. The molecule has 0 radical (unpaired) electrons. The average Bonchev–Trinajstić information content (AvgIpc) is 3.86. The van der Waals surface area contributed by atoms with Gasteiger partial charge in [-0.25, -0.2) is 0 Å². The molecule has 0 saturated heterocycles. The molecule has 0 aliphatic heterocycles. The molecule has 0 amide bonds. The first-order valence-corrected chi connectivity index (χ1v) is 17.6. The number of benzene rings is 2. The number of carbonyl (C=O) groups excluding carboxylic acids is 1. The fourth-order valence-corrected chi connectivity index (χ4v) is 8.41. The average molecular weight is 641 g/mol. The van der Waals surface area contributed by atoms with Gasteiger partial charge in [-0.2, -0.15) is 0 Å². The highest BCUT2D eigenvalue weighted by Gasteiger charge is 2.51. The number of nitrogens with one attached hydrogen (secondary N) is 1. The normalized spacial score (nSPS) is 19.7. The lowest BCUT2D eigenvalue weighted by molar-refractivity contribution is -0.121. The van der Waals surface area contributed by atoms with Gasteiger partial charge in [0.15, 0.2) is 18.2 Å². The third kappa shape index (κ3) is 7.30. The van der Waals surface area contributed by atoms with Crippen LogP contribution in [-0.4, -0.2) is 31.7 Å². The minimum Gasteiger partial charge on any atom is -0.504 e. The maximum atomic E-state index is 12.5. The lowest BCUT2D eigenvalue weighted by atomic mass is 9.70. The van der Waals surface area contributed by atoms with Crippen LogP contribution in [0.15, 0.2) is 61.1 Å². The number of aromatic nitrogens is 2. The Morgan fingerprint density at radius 3 is 2.68 bits per heavy atom. The quantitative estimate of drug-likeness (QED) is 0.0674. The Bertz CT molecular complexity index is 1670. The number of fused-ring (bicyclic) bond motifs is 1. The highest BCUT2D eigenvalue weighted by atomic mass is 16.5. The zero-order chi connectivity index (χ0) is 33.0. The van der Waals surface area contributed by atoms with Crippen molar-refractivity contribution in [3.8, 4) is 11.5 Å². The van der Waals surface area contributed by atoms with E-state index in [1.165, 1.54) is 48.6 Å². The Morgan fingerprint density at radius 1 is 1.06 bits per heavy atom. The van der Waals surface area contributed by atoms with Gasteiger partial charge in [0, 0.05) is 42.2 Å². The number of nitrogens with two attached hydrogens (primary N) is 2. The maximum Gasteiger partial charge on any atom is 0.165 e. The summed E-state index contributed by atoms with van der Waals surface area (Å²) >= 11 is 0. The molecule has 2 saturated carbocycles. The number of H-pyrrole nitrogens is 1. The summed E-state index contributed by atoms with van der Waals surface area (Å²) in [5.41, 5.74) is 18.0. The van der Waals surface area contributed by atoms with E-state index in [-0.39, 0.29) is 30.1 Å². The number of rotatable bonds is 15. The van der Waals surface area contributed by atoms with Crippen LogP contribution in [0.3, 0.4) is 0 Å². The molecule has 2 aliphatic rings. The van der Waals surface area contributed by atoms with Crippen molar-refractivity contribution in [2.24, 2.45) is 16.9 Å². The second-order valence-corrected chi connectivity index (χ2v) is 14.4. The smallest absolute Gasteiger partial charge is 0.165 e. The number of hydrogen-bond donors (Lipinski definition) is 5. The fourth-order valence-electron chi connectivity index (χ4n) is 8.41. The van der Waals surface area contributed by atoms with Gasteiger partial charge in [-0.1, -0.05) is 69.4 Å². The molecule has 252 valence electrons. The summed E-state index contributed by atoms with van der Waals surface area (Å²) in [4.78, 5) is 16.0. The van der Waals surface area contributed by atoms with Gasteiger partial charge >= 0.3 is 0 Å². The van der Waals surface area contributed by atoms with Crippen LogP contribution >= 0.6 is 0 Å². The Balaban J connectivity index is 1.17. The van der Waals surface area contributed by atoms with Gasteiger partial charge in [-0.15, -0.1) is 0 Å². The molecule has 2 aromatic heterocycles. The number of aryl methyl sites for hydroxylation is 1. The van der Waals surface area contributed by atoms with Gasteiger partial charge in [0.25, 0.3) is 0 Å². The van der Waals surface area contributed by atoms with Crippen LogP contribution in [0.2, 0.25) is 0 Å². The van der Waals surface area contributed by atoms with Gasteiger partial charge in [0.05, 0.1) is 17.8 Å². The van der Waals surface area contributed by atoms with Crippen molar-refractivity contribution in [1.82, 2.24) is 9.55 Å². The lowest BCUT2D eigenvalue weighted by Crippen LogP contribution is -2.27. The van der Waals surface area contributed by atoms with E-state index in [1.807, 2.05) is 22.8 Å². The van der Waals surface area contributed by atoms with E-state index in [0.717, 1.165) is 48.7 Å². The lowest BCUT2D eigenvalue weighted by Gasteiger charge is -2.33. The summed E-state index contributed by atoms with van der Waals surface area (Å²) < 4.78 is 8.14. The second-order valence-electron chi connectivity index (χ2n) is 14.4. The highest BCUT2D eigenvalue weighted by molar-refractivity contribution is 5.85. The van der Waals surface area contributed by atoms with Gasteiger partial charge in [-0.3, -0.25) is 4.79 Å². The standard InChI is InChI=1S/C39H52N4O4/c1-2-3-4-10-30(44)21-31(45)13-11-27-12-14-35(46)36(19-27)47-26-43-23-32-33(22-42-34(32)24-43)39(18-17-38(25-39)15-5-6-16-38)29-9-7-8-28(20-29)37(40)41/h7-9,12,14,19-20,22-24,30,37,42,44,46H,2-6,10-11,13,15-18,21,25-26,40-41H2,1H3. The van der Waals surface area contributed by atoms with Crippen molar-refractivity contribution < 1.29 is 19.7 Å². The number of aliphatic hydroxyl groups is 1. The number of phenolic OH excluding ortho intramolecular Hbond substituents is 1. The van der Waals surface area contributed by atoms with E-state index in [0.29, 0.717) is 30.4 Å². The van der Waals surface area contributed by atoms with Crippen LogP contribution in [-0.2, 0) is 23.4 Å². The topological polar surface area (TPSA) is 140 Å². The molecule has 2 atom stereocenters. The minimum absolute atomic E-state index is 0.0549. The predicted octanol–water partition coefficient (Wildman–Crippen LogP) is 7.49. The number of aliphatic hydroxyl groups excluding tert-OH is 1. The second kappa shape index (κ2) is 14.3. The van der Waals surface area contributed by atoms with Crippen LogP contribution in [0, 0.1) is 5.41 Å². The molecular weight excluding hydrogens is 588 g/mol. The van der Waals surface area contributed by atoms with Gasteiger partial charge in [0.1, 0.15) is 5.78 Å². The summed E-state index contributed by atoms with van der Waals surface area (Å²) in [6.07, 6.45) is 18.8. The molecule has 1 spiro atoms. The molecule has 2 unspecified atom stereocenters. The summed E-state index contributed by atoms with van der Waals surface area (Å²) in [5, 5.41) is 21.9. The molecule has 0 bridgehead atoms. The number of unbranched alkanes of at least 4 members (excludes halogenated alkanes) is 2. The molecule has 7 N–H and O–H groups in total. The van der Waals surface area contributed by atoms with Crippen LogP contribution in [0.25, 0.3) is 10.9 Å². The van der Waals surface area contributed by atoms with E-state index in [4.69, 9.17) is 16.2 Å². The molecule has 47 heavy (non-hydrogen) atoms. The summed E-state index contributed by atoms with van der Waals surface area (Å²) in [7, 11) is 0. The molecule has 2 heterocycles. The van der Waals surface area contributed by atoms with E-state index < -0.39 is 12.3 Å². The van der Waals surface area contributed by atoms with Crippen LogP contribution in [0.1, 0.15) is 119 Å². The fraction of sp³-hybridized carbons (Fsp3) is 0.513. The zero-order valence-corrected chi connectivity index (χ0v) is 27.8. The number of hydrogen-bond acceptors (Lipinski definition) is 6. The van der Waals surface area contributed by atoms with Crippen molar-refractivity contribution in [2.75, 3.05) is 0 Å². The van der Waals surface area contributed by atoms with E-state index in [9.17, 15) is 15.0 Å². The van der Waals surface area contributed by atoms with Crippen molar-refractivity contribution in [3.63, 3.8) is 0 Å². The van der Waals surface area contributed by atoms with Gasteiger partial charge in [0.2, 0.25) is 0 Å². The molecule has 2 fully saturated rings. The first-order chi connectivity index (χ1) is 22.7. The number of carbonyl (C=O) groups is 1. The van der Waals surface area contributed by atoms with Crippen molar-refractivity contribution in [2.45, 2.75) is 121 Å². The highest BCUT2D eigenvalue weighted by Crippen LogP contribution is 2.61. The number of ether oxygens (including phenoxy) is 1. The Kier molecular flexibility index (Phi) is 10.1. The van der Waals surface area contributed by atoms with Crippen molar-refractivity contribution in [1.29, 1.82) is 0 Å². The summed E-state index contributed by atoms with van der Waals surface area (Å²) in [6, 6.07) is 13.8. The third-order valence-electron chi connectivity index (χ3n) is 11.0. The number of aromatic hydroxyl groups is 1. The largest absolute Gasteiger partial charge is 0.504 e. The van der Waals surface area contributed by atoms with Crippen LogP contribution in [0.5, 0.6) is 11.5 Å². The Labute approximate surface area is 278 Å². The first-order valence-electron chi connectivity index (χ1n) is 17.6. The molecule has 4 aromatic rings. The van der Waals surface area contributed by atoms with Crippen molar-refractivity contribution in [3.05, 3.63) is 83.3 Å². The van der Waals surface area contributed by atoms with Gasteiger partial charge < -0.3 is 36.0 Å². The maximum absolute atomic E-state index is 12.5. The van der Waals surface area contributed by atoms with Crippen LogP contribution in [0.4, 0.5) is 0 Å². The first kappa shape index (κ1) is 33.3.